The van der Waals surface area contributed by atoms with Crippen molar-refractivity contribution in [1.29, 1.82) is 0 Å². The maximum atomic E-state index is 13.2. The molecule has 2 aromatic rings. The summed E-state index contributed by atoms with van der Waals surface area (Å²) in [6, 6.07) is 10.0. The Labute approximate surface area is 179 Å². The second kappa shape index (κ2) is 11.6. The van der Waals surface area contributed by atoms with E-state index in [2.05, 4.69) is 10.6 Å². The van der Waals surface area contributed by atoms with E-state index < -0.39 is 17.5 Å². The number of nitrogens with two attached hydrogens (primary N) is 2. The van der Waals surface area contributed by atoms with Gasteiger partial charge in [0.15, 0.2) is 0 Å². The van der Waals surface area contributed by atoms with Crippen LogP contribution in [0.3, 0.4) is 0 Å². The lowest BCUT2D eigenvalue weighted by molar-refractivity contribution is -0.117. The van der Waals surface area contributed by atoms with Crippen LogP contribution < -0.4 is 26.8 Å². The Morgan fingerprint density at radius 3 is 2.35 bits per heavy atom. The van der Waals surface area contributed by atoms with Crippen molar-refractivity contribution in [3.05, 3.63) is 88.9 Å². The minimum Gasteiger partial charge on any atom is -0.497 e. The Morgan fingerprint density at radius 2 is 1.77 bits per heavy atom. The lowest BCUT2D eigenvalue weighted by Gasteiger charge is -2.19. The number of aliphatic hydroxyl groups is 1. The van der Waals surface area contributed by atoms with E-state index in [1.165, 1.54) is 12.2 Å². The lowest BCUT2D eigenvalue weighted by atomic mass is 10.0. The fraction of sp³-hybridized carbons (Fsp3) is 0.227. The van der Waals surface area contributed by atoms with Crippen molar-refractivity contribution < 1.29 is 23.4 Å². The van der Waals surface area contributed by atoms with Gasteiger partial charge in [-0.1, -0.05) is 12.1 Å². The zero-order chi connectivity index (χ0) is 22.8. The molecule has 9 heteroatoms. The Morgan fingerprint density at radius 1 is 1.13 bits per heavy atom. The predicted octanol–water partition coefficient (Wildman–Crippen LogP) is 1.95. The first kappa shape index (κ1) is 23.7. The fourth-order valence-electron chi connectivity index (χ4n) is 2.79. The molecule has 2 aromatic carbocycles. The molecule has 2 rings (SSSR count). The predicted molar refractivity (Wildman–Crippen MR) is 113 cm³/mol. The standard InChI is InChI=1S/C22H26F2N4O3/c1-31-18-4-2-15(3-5-18)20(8-9-29)28-21(26)7-6-19(25)22(30)27-13-14-10-16(23)12-17(24)11-14/h2-7,10-12,20,28-29H,8-9,13,25-26H2,1H3,(H,27,30)/b19-6-,21-7+. The number of nitrogens with one attached hydrogen (secondary N) is 2. The molecule has 0 aliphatic rings. The second-order valence-corrected chi connectivity index (χ2v) is 6.69. The molecule has 1 atom stereocenters. The van der Waals surface area contributed by atoms with Crippen LogP contribution in [0.1, 0.15) is 23.6 Å². The molecule has 0 heterocycles. The number of carbonyl (C=O) groups is 1. The molecule has 0 aliphatic carbocycles. The summed E-state index contributed by atoms with van der Waals surface area (Å²) in [5, 5.41) is 14.9. The molecule has 31 heavy (non-hydrogen) atoms. The van der Waals surface area contributed by atoms with Crippen LogP contribution in [0.4, 0.5) is 8.78 Å². The molecule has 0 saturated heterocycles. The smallest absolute Gasteiger partial charge is 0.267 e. The number of rotatable bonds is 10. The highest BCUT2D eigenvalue weighted by Gasteiger charge is 2.11. The van der Waals surface area contributed by atoms with Crippen LogP contribution >= 0.6 is 0 Å². The van der Waals surface area contributed by atoms with Crippen LogP contribution in [0.2, 0.25) is 0 Å². The van der Waals surface area contributed by atoms with Crippen LogP contribution in [-0.2, 0) is 11.3 Å². The van der Waals surface area contributed by atoms with Crippen LogP contribution in [0.5, 0.6) is 5.75 Å². The van der Waals surface area contributed by atoms with E-state index in [0.29, 0.717) is 12.2 Å². The van der Waals surface area contributed by atoms with E-state index in [9.17, 15) is 18.7 Å². The molecule has 7 N–H and O–H groups in total. The van der Waals surface area contributed by atoms with Gasteiger partial charge in [0.25, 0.3) is 5.91 Å². The summed E-state index contributed by atoms with van der Waals surface area (Å²) in [5.41, 5.74) is 12.7. The highest BCUT2D eigenvalue weighted by Crippen LogP contribution is 2.20. The van der Waals surface area contributed by atoms with Gasteiger partial charge in [0.05, 0.1) is 24.7 Å². The van der Waals surface area contributed by atoms with E-state index in [-0.39, 0.29) is 36.3 Å². The van der Waals surface area contributed by atoms with E-state index in [4.69, 9.17) is 16.2 Å². The highest BCUT2D eigenvalue weighted by molar-refractivity contribution is 5.92. The first-order valence-electron chi connectivity index (χ1n) is 9.49. The third-order valence-electron chi connectivity index (χ3n) is 4.36. The van der Waals surface area contributed by atoms with Crippen molar-refractivity contribution in [1.82, 2.24) is 10.6 Å². The molecule has 1 unspecified atom stereocenters. The molecule has 0 saturated carbocycles. The van der Waals surface area contributed by atoms with Gasteiger partial charge in [-0.15, -0.1) is 0 Å². The topological polar surface area (TPSA) is 123 Å². The van der Waals surface area contributed by atoms with Gasteiger partial charge in [-0.05, 0) is 54.0 Å². The summed E-state index contributed by atoms with van der Waals surface area (Å²) in [7, 11) is 1.57. The van der Waals surface area contributed by atoms with Gasteiger partial charge in [0.2, 0.25) is 0 Å². The first-order valence-corrected chi connectivity index (χ1v) is 9.49. The zero-order valence-corrected chi connectivity index (χ0v) is 17.1. The molecule has 7 nitrogen and oxygen atoms in total. The van der Waals surface area contributed by atoms with E-state index in [1.807, 2.05) is 12.1 Å². The maximum absolute atomic E-state index is 13.2. The average Bonchev–Trinajstić information content (AvgIpc) is 2.75. The Bertz CT molecular complexity index is 926. The van der Waals surface area contributed by atoms with Gasteiger partial charge in [-0.3, -0.25) is 4.79 Å². The minimum absolute atomic E-state index is 0.0575. The molecule has 1 amide bonds. The Balaban J connectivity index is 1.98. The van der Waals surface area contributed by atoms with Crippen LogP contribution in [0.15, 0.2) is 66.1 Å². The molecule has 0 bridgehead atoms. The normalized spacial score (nSPS) is 12.9. The Hall–Kier alpha value is -3.59. The van der Waals surface area contributed by atoms with Gasteiger partial charge < -0.3 is 31.9 Å². The number of benzene rings is 2. The average molecular weight is 432 g/mol. The number of halogens is 2. The number of ether oxygens (including phenoxy) is 1. The molecular formula is C22H26F2N4O3. The van der Waals surface area contributed by atoms with Crippen molar-refractivity contribution >= 4 is 5.91 Å². The van der Waals surface area contributed by atoms with Crippen LogP contribution in [0.25, 0.3) is 0 Å². The summed E-state index contributed by atoms with van der Waals surface area (Å²) in [6.45, 7) is -0.145. The molecule has 0 spiro atoms. The summed E-state index contributed by atoms with van der Waals surface area (Å²) in [6.07, 6.45) is 3.14. The van der Waals surface area contributed by atoms with E-state index in [1.54, 1.807) is 19.2 Å². The minimum atomic E-state index is -0.733. The fourth-order valence-corrected chi connectivity index (χ4v) is 2.79. The van der Waals surface area contributed by atoms with Gasteiger partial charge >= 0.3 is 0 Å². The van der Waals surface area contributed by atoms with Crippen molar-refractivity contribution in [2.75, 3.05) is 13.7 Å². The summed E-state index contributed by atoms with van der Waals surface area (Å²) in [5.74, 6) is -1.14. The van der Waals surface area contributed by atoms with Gasteiger partial charge in [0, 0.05) is 19.2 Å². The van der Waals surface area contributed by atoms with Crippen LogP contribution in [0, 0.1) is 11.6 Å². The number of aliphatic hydroxyl groups excluding tert-OH is 1. The molecule has 166 valence electrons. The number of methoxy groups -OCH3 is 1. The number of carbonyl (C=O) groups excluding carboxylic acids is 1. The van der Waals surface area contributed by atoms with Gasteiger partial charge in [-0.2, -0.15) is 0 Å². The maximum Gasteiger partial charge on any atom is 0.267 e. The number of hydrogen-bond acceptors (Lipinski definition) is 6. The van der Waals surface area contributed by atoms with Gasteiger partial charge in [-0.25, -0.2) is 8.78 Å². The van der Waals surface area contributed by atoms with Crippen LogP contribution in [-0.4, -0.2) is 24.7 Å². The quantitative estimate of drug-likeness (QED) is 0.289. The number of allylic oxidation sites excluding steroid dienone is 2. The third-order valence-corrected chi connectivity index (χ3v) is 4.36. The van der Waals surface area contributed by atoms with Crippen molar-refractivity contribution in [2.45, 2.75) is 19.0 Å². The van der Waals surface area contributed by atoms with Crippen molar-refractivity contribution in [2.24, 2.45) is 11.5 Å². The largest absolute Gasteiger partial charge is 0.497 e. The summed E-state index contributed by atoms with van der Waals surface area (Å²) in [4.78, 5) is 12.1. The molecule has 0 aliphatic heterocycles. The molecular weight excluding hydrogens is 406 g/mol. The lowest BCUT2D eigenvalue weighted by Crippen LogP contribution is -2.28. The molecule has 0 fully saturated rings. The summed E-state index contributed by atoms with van der Waals surface area (Å²) < 4.78 is 31.5. The SMILES string of the molecule is COc1ccc(C(CCO)N/C(N)=C/C=C(\N)C(=O)NCc2cc(F)cc(F)c2)cc1. The number of amides is 1. The summed E-state index contributed by atoms with van der Waals surface area (Å²) >= 11 is 0. The monoisotopic (exact) mass is 432 g/mol. The second-order valence-electron chi connectivity index (χ2n) is 6.69. The first-order chi connectivity index (χ1) is 14.8. The van der Waals surface area contributed by atoms with Crippen molar-refractivity contribution in [3.63, 3.8) is 0 Å². The molecule has 0 aromatic heterocycles. The number of hydrogen-bond donors (Lipinski definition) is 5. The zero-order valence-electron chi connectivity index (χ0n) is 17.1. The van der Waals surface area contributed by atoms with E-state index in [0.717, 1.165) is 23.8 Å². The van der Waals surface area contributed by atoms with Gasteiger partial charge in [0.1, 0.15) is 17.4 Å². The third kappa shape index (κ3) is 7.63. The Kier molecular flexibility index (Phi) is 8.83. The van der Waals surface area contributed by atoms with E-state index >= 15 is 0 Å². The highest BCUT2D eigenvalue weighted by atomic mass is 19.1. The molecule has 0 radical (unpaired) electrons. The van der Waals surface area contributed by atoms with Crippen molar-refractivity contribution in [3.8, 4) is 5.75 Å².